The van der Waals surface area contributed by atoms with E-state index in [2.05, 4.69) is 37.4 Å². The molecule has 10 nitrogen and oxygen atoms in total. The summed E-state index contributed by atoms with van der Waals surface area (Å²) in [6.45, 7) is 4.79. The lowest BCUT2D eigenvalue weighted by Crippen LogP contribution is -2.44. The number of ketones is 1. The lowest BCUT2D eigenvalue weighted by molar-refractivity contribution is 0.101. The number of allylic oxidation sites excluding steroid dienone is 1. The lowest BCUT2D eigenvalue weighted by Gasteiger charge is -2.32. The largest absolute Gasteiger partial charge is 0.495 e. The highest BCUT2D eigenvalue weighted by atomic mass is 16.5. The van der Waals surface area contributed by atoms with E-state index in [9.17, 15) is 9.59 Å². The Labute approximate surface area is 209 Å². The van der Waals surface area contributed by atoms with E-state index < -0.39 is 0 Å². The maximum atomic E-state index is 13.6. The number of hydrogen-bond acceptors (Lipinski definition) is 7. The predicted molar refractivity (Wildman–Crippen MR) is 138 cm³/mol. The number of methoxy groups -OCH3 is 1. The number of anilines is 1. The number of nitrogens with zero attached hydrogens (tertiary/aromatic N) is 3. The van der Waals surface area contributed by atoms with E-state index in [1.165, 1.54) is 7.05 Å². The fourth-order valence-electron chi connectivity index (χ4n) is 4.60. The number of carbonyl (C=O) groups is 2. The van der Waals surface area contributed by atoms with Crippen molar-refractivity contribution in [3.63, 3.8) is 0 Å². The highest BCUT2D eigenvalue weighted by molar-refractivity contribution is 6.17. The van der Waals surface area contributed by atoms with Gasteiger partial charge in [-0.1, -0.05) is 0 Å². The number of benzene rings is 1. The first kappa shape index (κ1) is 23.8. The van der Waals surface area contributed by atoms with Gasteiger partial charge in [-0.05, 0) is 37.7 Å². The van der Waals surface area contributed by atoms with Gasteiger partial charge < -0.3 is 34.9 Å². The number of ether oxygens (including phenoxy) is 2. The molecule has 2 aliphatic rings. The Morgan fingerprint density at radius 2 is 2.03 bits per heavy atom. The first-order valence-electron chi connectivity index (χ1n) is 12.0. The van der Waals surface area contributed by atoms with E-state index in [1.807, 2.05) is 12.3 Å². The Bertz CT molecular complexity index is 1340. The quantitative estimate of drug-likeness (QED) is 0.456. The van der Waals surface area contributed by atoms with E-state index in [4.69, 9.17) is 9.47 Å². The number of pyridine rings is 1. The second kappa shape index (κ2) is 10.00. The van der Waals surface area contributed by atoms with Crippen LogP contribution in [0, 0.1) is 0 Å². The second-order valence-corrected chi connectivity index (χ2v) is 9.02. The van der Waals surface area contributed by atoms with Gasteiger partial charge in [-0.25, -0.2) is 9.78 Å². The van der Waals surface area contributed by atoms with E-state index in [0.29, 0.717) is 40.6 Å². The van der Waals surface area contributed by atoms with Gasteiger partial charge in [0.05, 0.1) is 18.9 Å². The highest BCUT2D eigenvalue weighted by Crippen LogP contribution is 2.39. The van der Waals surface area contributed by atoms with Crippen LogP contribution in [0.25, 0.3) is 16.6 Å². The van der Waals surface area contributed by atoms with Gasteiger partial charge in [0.1, 0.15) is 17.1 Å². The molecule has 0 aliphatic carbocycles. The molecule has 0 saturated carbocycles. The van der Waals surface area contributed by atoms with Crippen molar-refractivity contribution in [1.82, 2.24) is 25.1 Å². The monoisotopic (exact) mass is 490 g/mol. The molecule has 36 heavy (non-hydrogen) atoms. The minimum Gasteiger partial charge on any atom is -0.495 e. The SMILES string of the molecule is CNC(=O)Nc1ccc2c(c1)C(=O)C(=C(CCN1CCN(C)CC1)c1c[nH]c3ncc(OC)cc13)O2. The summed E-state index contributed by atoms with van der Waals surface area (Å²) in [5.74, 6) is 1.22. The molecule has 0 radical (unpaired) electrons. The molecule has 2 aliphatic heterocycles. The van der Waals surface area contributed by atoms with E-state index in [0.717, 1.165) is 49.2 Å². The number of nitrogens with one attached hydrogen (secondary N) is 3. The number of carbonyl (C=O) groups excluding carboxylic acids is 2. The van der Waals surface area contributed by atoms with Crippen molar-refractivity contribution in [2.75, 3.05) is 59.2 Å². The summed E-state index contributed by atoms with van der Waals surface area (Å²) in [4.78, 5) is 37.8. The summed E-state index contributed by atoms with van der Waals surface area (Å²) in [5.41, 5.74) is 3.34. The number of Topliss-reactive ketones (excluding diaryl/α,β-unsaturated/α-hetero) is 1. The molecule has 4 heterocycles. The Kier molecular flexibility index (Phi) is 6.62. The van der Waals surface area contributed by atoms with Gasteiger partial charge in [-0.3, -0.25) is 4.79 Å². The van der Waals surface area contributed by atoms with Gasteiger partial charge in [0, 0.05) is 68.2 Å². The summed E-state index contributed by atoms with van der Waals surface area (Å²) < 4.78 is 11.6. The van der Waals surface area contributed by atoms with Crippen molar-refractivity contribution in [3.05, 3.63) is 53.5 Å². The van der Waals surface area contributed by atoms with Crippen molar-refractivity contribution < 1.29 is 19.1 Å². The molecule has 1 saturated heterocycles. The smallest absolute Gasteiger partial charge is 0.318 e. The number of likely N-dealkylation sites (N-methyl/N-ethyl adjacent to an activating group) is 1. The number of piperazine rings is 1. The predicted octanol–water partition coefficient (Wildman–Crippen LogP) is 2.95. The highest BCUT2D eigenvalue weighted by Gasteiger charge is 2.32. The number of amides is 2. The lowest BCUT2D eigenvalue weighted by atomic mass is 9.98. The fraction of sp³-hybridized carbons (Fsp3) is 0.346. The van der Waals surface area contributed by atoms with Crippen LogP contribution in [0.4, 0.5) is 10.5 Å². The van der Waals surface area contributed by atoms with Gasteiger partial charge in [0.15, 0.2) is 5.76 Å². The normalized spacial score (nSPS) is 17.6. The summed E-state index contributed by atoms with van der Waals surface area (Å²) in [7, 11) is 5.27. The Balaban J connectivity index is 1.53. The summed E-state index contributed by atoms with van der Waals surface area (Å²) in [5, 5.41) is 6.09. The molecule has 0 unspecified atom stereocenters. The van der Waals surface area contributed by atoms with Gasteiger partial charge in [0.2, 0.25) is 5.78 Å². The fourth-order valence-corrected chi connectivity index (χ4v) is 4.60. The average Bonchev–Trinajstić information content (AvgIpc) is 3.46. The average molecular weight is 491 g/mol. The zero-order valence-electron chi connectivity index (χ0n) is 20.7. The molecule has 10 heteroatoms. The molecular formula is C26H30N6O4. The summed E-state index contributed by atoms with van der Waals surface area (Å²) in [6, 6.07) is 6.64. The Morgan fingerprint density at radius 1 is 1.22 bits per heavy atom. The Hall–Kier alpha value is -3.89. The minimum atomic E-state index is -0.356. The van der Waals surface area contributed by atoms with E-state index in [-0.39, 0.29) is 11.8 Å². The van der Waals surface area contributed by atoms with Gasteiger partial charge in [0.25, 0.3) is 0 Å². The molecule has 3 aromatic rings. The maximum absolute atomic E-state index is 13.6. The van der Waals surface area contributed by atoms with Crippen LogP contribution in [0.5, 0.6) is 11.5 Å². The number of fused-ring (bicyclic) bond motifs is 2. The van der Waals surface area contributed by atoms with E-state index >= 15 is 0 Å². The van der Waals surface area contributed by atoms with Gasteiger partial charge in [-0.15, -0.1) is 0 Å². The summed E-state index contributed by atoms with van der Waals surface area (Å²) in [6.07, 6.45) is 4.17. The van der Waals surface area contributed by atoms with Crippen molar-refractivity contribution in [1.29, 1.82) is 0 Å². The minimum absolute atomic E-state index is 0.205. The van der Waals surface area contributed by atoms with Crippen LogP contribution in [-0.4, -0.2) is 85.5 Å². The second-order valence-electron chi connectivity index (χ2n) is 9.02. The number of aromatic amines is 1. The first-order valence-corrected chi connectivity index (χ1v) is 12.0. The van der Waals surface area contributed by atoms with Crippen LogP contribution < -0.4 is 20.1 Å². The van der Waals surface area contributed by atoms with Crippen molar-refractivity contribution >= 4 is 34.1 Å². The van der Waals surface area contributed by atoms with Crippen LogP contribution in [-0.2, 0) is 0 Å². The van der Waals surface area contributed by atoms with Gasteiger partial charge in [-0.2, -0.15) is 0 Å². The van der Waals surface area contributed by atoms with E-state index in [1.54, 1.807) is 31.5 Å². The number of urea groups is 1. The Morgan fingerprint density at radius 3 is 2.78 bits per heavy atom. The van der Waals surface area contributed by atoms with Crippen molar-refractivity contribution in [2.45, 2.75) is 6.42 Å². The van der Waals surface area contributed by atoms with Crippen LogP contribution in [0.2, 0.25) is 0 Å². The van der Waals surface area contributed by atoms with Crippen LogP contribution in [0.1, 0.15) is 22.3 Å². The number of hydrogen-bond donors (Lipinski definition) is 3. The standard InChI is InChI=1S/C26H30N6O4/c1-27-26(34)30-16-4-5-22-20(12-16)23(33)24(36-22)18(6-7-32-10-8-31(2)9-11-32)21-15-29-25-19(21)13-17(35-3)14-28-25/h4-5,12-15H,6-11H2,1-3H3,(H,28,29)(H2,27,30,34). The zero-order valence-corrected chi connectivity index (χ0v) is 20.7. The van der Waals surface area contributed by atoms with Crippen LogP contribution >= 0.6 is 0 Å². The zero-order chi connectivity index (χ0) is 25.2. The number of H-pyrrole nitrogens is 1. The maximum Gasteiger partial charge on any atom is 0.318 e. The molecular weight excluding hydrogens is 460 g/mol. The van der Waals surface area contributed by atoms with Crippen molar-refractivity contribution in [3.8, 4) is 11.5 Å². The molecule has 0 bridgehead atoms. The topological polar surface area (TPSA) is 112 Å². The molecule has 188 valence electrons. The molecule has 2 amide bonds. The van der Waals surface area contributed by atoms with Crippen LogP contribution in [0.15, 0.2) is 42.4 Å². The van der Waals surface area contributed by atoms with Gasteiger partial charge >= 0.3 is 6.03 Å². The number of aromatic nitrogens is 2. The third-order valence-electron chi connectivity index (χ3n) is 6.74. The first-order chi connectivity index (χ1) is 17.5. The number of rotatable bonds is 6. The third kappa shape index (κ3) is 4.65. The molecule has 1 aromatic carbocycles. The van der Waals surface area contributed by atoms with Crippen LogP contribution in [0.3, 0.4) is 0 Å². The molecule has 3 N–H and O–H groups in total. The van der Waals surface area contributed by atoms with Crippen molar-refractivity contribution in [2.24, 2.45) is 0 Å². The molecule has 5 rings (SSSR count). The summed E-state index contributed by atoms with van der Waals surface area (Å²) >= 11 is 0. The molecule has 0 atom stereocenters. The molecule has 1 fully saturated rings. The molecule has 2 aromatic heterocycles. The molecule has 0 spiro atoms. The third-order valence-corrected chi connectivity index (χ3v) is 6.74.